The van der Waals surface area contributed by atoms with Crippen molar-refractivity contribution >= 4 is 57.8 Å². The second-order valence-electron chi connectivity index (χ2n) is 6.23. The number of hydrogen-bond acceptors (Lipinski definition) is 6. The lowest BCUT2D eigenvalue weighted by Gasteiger charge is -2.15. The summed E-state index contributed by atoms with van der Waals surface area (Å²) in [6.45, 7) is 2.61. The first-order valence-corrected chi connectivity index (χ1v) is 10.7. The highest BCUT2D eigenvalue weighted by atomic mass is 35.5. The van der Waals surface area contributed by atoms with E-state index in [-0.39, 0.29) is 4.32 Å². The van der Waals surface area contributed by atoms with Gasteiger partial charge in [0.05, 0.1) is 18.6 Å². The zero-order valence-corrected chi connectivity index (χ0v) is 18.7. The van der Waals surface area contributed by atoms with Crippen molar-refractivity contribution in [3.05, 3.63) is 63.5 Å². The highest BCUT2D eigenvalue weighted by molar-refractivity contribution is 8.26. The summed E-state index contributed by atoms with van der Waals surface area (Å²) in [6, 6.07) is 11.8. The molecule has 30 heavy (non-hydrogen) atoms. The van der Waals surface area contributed by atoms with Gasteiger partial charge in [0.1, 0.15) is 0 Å². The Kier molecular flexibility index (Phi) is 7.36. The van der Waals surface area contributed by atoms with Crippen molar-refractivity contribution < 1.29 is 19.1 Å². The first kappa shape index (κ1) is 22.1. The molecule has 3 rings (SSSR count). The Morgan fingerprint density at radius 1 is 1.27 bits per heavy atom. The van der Waals surface area contributed by atoms with Gasteiger partial charge in [-0.3, -0.25) is 15.0 Å². The first-order valence-electron chi connectivity index (χ1n) is 9.08. The molecule has 0 atom stereocenters. The summed E-state index contributed by atoms with van der Waals surface area (Å²) in [5, 5.41) is 1.48. The molecule has 1 N–H and O–H groups in total. The van der Waals surface area contributed by atoms with E-state index < -0.39 is 11.8 Å². The molecule has 1 aliphatic rings. The van der Waals surface area contributed by atoms with Crippen LogP contribution in [0.1, 0.15) is 29.3 Å². The molecule has 1 fully saturated rings. The zero-order chi connectivity index (χ0) is 21.7. The molecule has 1 aliphatic heterocycles. The predicted octanol–water partition coefficient (Wildman–Crippen LogP) is 4.68. The summed E-state index contributed by atoms with van der Waals surface area (Å²) >= 11 is 12.3. The van der Waals surface area contributed by atoms with Gasteiger partial charge in [0.2, 0.25) is 0 Å². The summed E-state index contributed by atoms with van der Waals surface area (Å²) in [5.74, 6) is 0.319. The van der Waals surface area contributed by atoms with Crippen LogP contribution in [-0.4, -0.2) is 34.9 Å². The molecule has 156 valence electrons. The van der Waals surface area contributed by atoms with E-state index in [1.54, 1.807) is 43.5 Å². The van der Waals surface area contributed by atoms with E-state index >= 15 is 0 Å². The smallest absolute Gasteiger partial charge is 0.285 e. The SMILES string of the molecule is CCCOc1ccc(/C=C2\SC(=S)N(NC(=O)c3cccc(Cl)c3)C2=O)cc1OC. The van der Waals surface area contributed by atoms with Gasteiger partial charge in [-0.2, -0.15) is 5.01 Å². The third-order valence-corrected chi connectivity index (χ3v) is 5.58. The van der Waals surface area contributed by atoms with Crippen LogP contribution in [0.2, 0.25) is 5.02 Å². The summed E-state index contributed by atoms with van der Waals surface area (Å²) in [4.78, 5) is 25.6. The fourth-order valence-electron chi connectivity index (χ4n) is 2.62. The number of hydrazine groups is 1. The maximum Gasteiger partial charge on any atom is 0.285 e. The van der Waals surface area contributed by atoms with Gasteiger partial charge < -0.3 is 9.47 Å². The summed E-state index contributed by atoms with van der Waals surface area (Å²) in [7, 11) is 1.56. The van der Waals surface area contributed by atoms with Crippen LogP contribution in [0.3, 0.4) is 0 Å². The van der Waals surface area contributed by atoms with E-state index in [4.69, 9.17) is 33.3 Å². The summed E-state index contributed by atoms with van der Waals surface area (Å²) in [6.07, 6.45) is 2.57. The number of halogens is 1. The van der Waals surface area contributed by atoms with Gasteiger partial charge >= 0.3 is 0 Å². The molecule has 2 aromatic rings. The Hall–Kier alpha value is -2.55. The van der Waals surface area contributed by atoms with E-state index in [0.717, 1.165) is 28.8 Å². The Balaban J connectivity index is 1.77. The number of thiocarbonyl (C=S) groups is 1. The van der Waals surface area contributed by atoms with E-state index in [2.05, 4.69) is 5.43 Å². The van der Waals surface area contributed by atoms with Gasteiger partial charge in [-0.15, -0.1) is 0 Å². The molecule has 9 heteroatoms. The second-order valence-corrected chi connectivity index (χ2v) is 8.34. The highest BCUT2D eigenvalue weighted by Gasteiger charge is 2.33. The lowest BCUT2D eigenvalue weighted by molar-refractivity contribution is -0.123. The quantitative estimate of drug-likeness (QED) is 0.476. The van der Waals surface area contributed by atoms with Crippen molar-refractivity contribution in [1.29, 1.82) is 0 Å². The molecule has 6 nitrogen and oxygen atoms in total. The number of benzene rings is 2. The number of nitrogens with one attached hydrogen (secondary N) is 1. The van der Waals surface area contributed by atoms with Crippen LogP contribution >= 0.6 is 35.6 Å². The Labute approximate surface area is 189 Å². The molecule has 0 aromatic heterocycles. The Morgan fingerprint density at radius 2 is 2.07 bits per heavy atom. The molecule has 0 saturated carbocycles. The molecule has 0 unspecified atom stereocenters. The number of amides is 2. The Morgan fingerprint density at radius 3 is 2.77 bits per heavy atom. The average molecular weight is 463 g/mol. The van der Waals surface area contributed by atoms with Crippen LogP contribution in [-0.2, 0) is 4.79 Å². The van der Waals surface area contributed by atoms with Crippen molar-refractivity contribution in [1.82, 2.24) is 10.4 Å². The molecule has 1 heterocycles. The van der Waals surface area contributed by atoms with E-state index in [1.165, 1.54) is 6.07 Å². The van der Waals surface area contributed by atoms with Crippen LogP contribution in [0.4, 0.5) is 0 Å². The molecule has 2 aromatic carbocycles. The maximum absolute atomic E-state index is 12.8. The molecular weight excluding hydrogens is 444 g/mol. The van der Waals surface area contributed by atoms with Crippen LogP contribution in [0.25, 0.3) is 6.08 Å². The third kappa shape index (κ3) is 5.13. The molecular formula is C21H19ClN2O4S2. The minimum atomic E-state index is -0.478. The minimum Gasteiger partial charge on any atom is -0.493 e. The molecule has 1 saturated heterocycles. The van der Waals surface area contributed by atoms with Crippen LogP contribution in [0, 0.1) is 0 Å². The normalized spacial score (nSPS) is 14.9. The number of carbonyl (C=O) groups excluding carboxylic acids is 2. The van der Waals surface area contributed by atoms with Gasteiger partial charge in [0.15, 0.2) is 15.8 Å². The van der Waals surface area contributed by atoms with Gasteiger partial charge in [0.25, 0.3) is 11.8 Å². The van der Waals surface area contributed by atoms with Gasteiger partial charge in [-0.25, -0.2) is 0 Å². The van der Waals surface area contributed by atoms with E-state index in [1.807, 2.05) is 13.0 Å². The number of nitrogens with zero attached hydrogens (tertiary/aromatic N) is 1. The topological polar surface area (TPSA) is 67.9 Å². The average Bonchev–Trinajstić information content (AvgIpc) is 2.99. The highest BCUT2D eigenvalue weighted by Crippen LogP contribution is 2.34. The standard InChI is InChI=1S/C21H19ClN2O4S2/c1-3-9-28-16-8-7-13(10-17(16)27-2)11-18-20(26)24(21(29)30-18)23-19(25)14-5-4-6-15(22)12-14/h4-8,10-12H,3,9H2,1-2H3,(H,23,25)/b18-11-. The van der Waals surface area contributed by atoms with Crippen molar-refractivity contribution in [2.45, 2.75) is 13.3 Å². The van der Waals surface area contributed by atoms with Crippen molar-refractivity contribution in [2.75, 3.05) is 13.7 Å². The van der Waals surface area contributed by atoms with Gasteiger partial charge in [-0.1, -0.05) is 42.4 Å². The van der Waals surface area contributed by atoms with Crippen molar-refractivity contribution in [2.24, 2.45) is 0 Å². The number of hydrogen-bond donors (Lipinski definition) is 1. The fraction of sp³-hybridized carbons (Fsp3) is 0.190. The number of rotatable bonds is 7. The monoisotopic (exact) mass is 462 g/mol. The molecule has 0 aliphatic carbocycles. The van der Waals surface area contributed by atoms with E-state index in [9.17, 15) is 9.59 Å². The zero-order valence-electron chi connectivity index (χ0n) is 16.3. The summed E-state index contributed by atoms with van der Waals surface area (Å²) in [5.41, 5.74) is 3.61. The largest absolute Gasteiger partial charge is 0.493 e. The summed E-state index contributed by atoms with van der Waals surface area (Å²) < 4.78 is 11.3. The van der Waals surface area contributed by atoms with Crippen molar-refractivity contribution in [3.8, 4) is 11.5 Å². The van der Waals surface area contributed by atoms with Crippen LogP contribution in [0.5, 0.6) is 11.5 Å². The molecule has 0 bridgehead atoms. The fourth-order valence-corrected chi connectivity index (χ4v) is 3.99. The third-order valence-electron chi connectivity index (χ3n) is 4.04. The van der Waals surface area contributed by atoms with Gasteiger partial charge in [-0.05, 0) is 60.6 Å². The van der Waals surface area contributed by atoms with Crippen molar-refractivity contribution in [3.63, 3.8) is 0 Å². The Bertz CT molecular complexity index is 1030. The number of carbonyl (C=O) groups is 2. The second kappa shape index (κ2) is 9.97. The lowest BCUT2D eigenvalue weighted by atomic mass is 10.2. The number of ether oxygens (including phenoxy) is 2. The minimum absolute atomic E-state index is 0.233. The number of thioether (sulfide) groups is 1. The molecule has 0 spiro atoms. The van der Waals surface area contributed by atoms with E-state index in [0.29, 0.717) is 33.6 Å². The van der Waals surface area contributed by atoms with Gasteiger partial charge in [0, 0.05) is 10.6 Å². The number of methoxy groups -OCH3 is 1. The first-order chi connectivity index (χ1) is 14.4. The molecule has 2 amide bonds. The molecule has 0 radical (unpaired) electrons. The van der Waals surface area contributed by atoms with Crippen LogP contribution < -0.4 is 14.9 Å². The maximum atomic E-state index is 12.8. The lowest BCUT2D eigenvalue weighted by Crippen LogP contribution is -2.44. The predicted molar refractivity (Wildman–Crippen MR) is 123 cm³/mol. The van der Waals surface area contributed by atoms with Crippen LogP contribution in [0.15, 0.2) is 47.4 Å².